The molecule has 0 fully saturated rings. The van der Waals surface area contributed by atoms with Crippen molar-refractivity contribution >= 4 is 39.5 Å². The van der Waals surface area contributed by atoms with Gasteiger partial charge in [0.05, 0.1) is 26.4 Å². The van der Waals surface area contributed by atoms with Gasteiger partial charge in [-0.1, -0.05) is 310 Å². The van der Waals surface area contributed by atoms with Crippen LogP contribution >= 0.6 is 15.6 Å². The summed E-state index contributed by atoms with van der Waals surface area (Å²) in [5.41, 5.74) is 0. The van der Waals surface area contributed by atoms with Gasteiger partial charge in [0.25, 0.3) is 0 Å². The Morgan fingerprint density at radius 1 is 0.273 bits per heavy atom. The third-order valence-corrected chi connectivity index (χ3v) is 18.0. The standard InChI is InChI=1S/C69H134O17P2/c1-5-9-13-17-21-24-26-28-29-30-31-32-33-34-36-38-40-44-48-52-56-69(74)86-65(60-80-67(72)54-50-46-43-39-37-35-27-25-22-18-14-10-6-2)62-84-88(77,78)82-58-63(70)57-81-87(75,76)83-61-64(59-79-66(71)53-49-45-41-20-16-12-8-4)85-68(73)55-51-47-42-23-19-15-11-7-3/h63-65,70H,5-62H2,1-4H3,(H,75,76)(H,77,78)/t63-,64+,65+/m0/s1. The molecule has 2 unspecified atom stereocenters. The minimum Gasteiger partial charge on any atom is -0.462 e. The van der Waals surface area contributed by atoms with Crippen molar-refractivity contribution in [2.75, 3.05) is 39.6 Å². The van der Waals surface area contributed by atoms with E-state index in [0.717, 1.165) is 109 Å². The largest absolute Gasteiger partial charge is 0.472 e. The number of aliphatic hydroxyl groups is 1. The molecule has 0 aromatic carbocycles. The molecular weight excluding hydrogens is 1160 g/mol. The second kappa shape index (κ2) is 63.8. The molecule has 0 amide bonds. The van der Waals surface area contributed by atoms with Crippen LogP contribution in [0.25, 0.3) is 0 Å². The van der Waals surface area contributed by atoms with E-state index in [1.807, 2.05) is 0 Å². The molecule has 0 radical (unpaired) electrons. The quantitative estimate of drug-likeness (QED) is 0.0222. The number of phosphoric acid groups is 2. The lowest BCUT2D eigenvalue weighted by Gasteiger charge is -2.21. The minimum atomic E-state index is -4.95. The number of carbonyl (C=O) groups excluding carboxylic acids is 4. The Morgan fingerprint density at radius 3 is 0.670 bits per heavy atom. The highest BCUT2D eigenvalue weighted by atomic mass is 31.2. The summed E-state index contributed by atoms with van der Waals surface area (Å²) in [7, 11) is -9.88. The van der Waals surface area contributed by atoms with Crippen LogP contribution in [0.4, 0.5) is 0 Å². The predicted molar refractivity (Wildman–Crippen MR) is 354 cm³/mol. The van der Waals surface area contributed by atoms with Gasteiger partial charge >= 0.3 is 39.5 Å². The van der Waals surface area contributed by atoms with Gasteiger partial charge in [0.2, 0.25) is 0 Å². The minimum absolute atomic E-state index is 0.105. The summed E-state index contributed by atoms with van der Waals surface area (Å²) in [6.07, 6.45) is 51.6. The number of rotatable bonds is 70. The summed E-state index contributed by atoms with van der Waals surface area (Å²) < 4.78 is 68.0. The van der Waals surface area contributed by atoms with Gasteiger partial charge in [0, 0.05) is 25.7 Å². The summed E-state index contributed by atoms with van der Waals surface area (Å²) in [5.74, 6) is -2.13. The van der Waals surface area contributed by atoms with Gasteiger partial charge < -0.3 is 33.8 Å². The molecular formula is C69H134O17P2. The van der Waals surface area contributed by atoms with Crippen LogP contribution in [0, 0.1) is 0 Å². The Morgan fingerprint density at radius 2 is 0.455 bits per heavy atom. The van der Waals surface area contributed by atoms with Crippen molar-refractivity contribution in [2.45, 2.75) is 380 Å². The van der Waals surface area contributed by atoms with E-state index in [9.17, 15) is 43.2 Å². The number of esters is 4. The average Bonchev–Trinajstić information content (AvgIpc) is 3.54. The molecule has 0 aromatic rings. The molecule has 0 aliphatic rings. The highest BCUT2D eigenvalue weighted by Gasteiger charge is 2.30. The number of hydrogen-bond acceptors (Lipinski definition) is 15. The van der Waals surface area contributed by atoms with Crippen molar-refractivity contribution in [3.05, 3.63) is 0 Å². The smallest absolute Gasteiger partial charge is 0.462 e. The predicted octanol–water partition coefficient (Wildman–Crippen LogP) is 19.9. The van der Waals surface area contributed by atoms with Crippen LogP contribution in [0.1, 0.15) is 362 Å². The first-order valence-electron chi connectivity index (χ1n) is 36.3. The van der Waals surface area contributed by atoms with Crippen LogP contribution in [0.3, 0.4) is 0 Å². The Kier molecular flexibility index (Phi) is 62.4. The van der Waals surface area contributed by atoms with Gasteiger partial charge in [-0.05, 0) is 25.7 Å². The molecule has 0 saturated carbocycles. The van der Waals surface area contributed by atoms with Crippen molar-refractivity contribution in [2.24, 2.45) is 0 Å². The summed E-state index contributed by atoms with van der Waals surface area (Å²) in [6.45, 7) is 4.86. The van der Waals surface area contributed by atoms with Crippen molar-refractivity contribution < 1.29 is 80.2 Å². The van der Waals surface area contributed by atoms with Gasteiger partial charge in [-0.2, -0.15) is 0 Å². The van der Waals surface area contributed by atoms with E-state index in [-0.39, 0.29) is 25.7 Å². The molecule has 0 spiro atoms. The first kappa shape index (κ1) is 86.1. The molecule has 88 heavy (non-hydrogen) atoms. The summed E-state index contributed by atoms with van der Waals surface area (Å²) in [4.78, 5) is 72.2. The normalized spacial score (nSPS) is 14.0. The van der Waals surface area contributed by atoms with Crippen LogP contribution in [-0.2, 0) is 65.4 Å². The van der Waals surface area contributed by atoms with Crippen molar-refractivity contribution in [1.29, 1.82) is 0 Å². The van der Waals surface area contributed by atoms with Crippen LogP contribution < -0.4 is 0 Å². The molecule has 0 aliphatic carbocycles. The highest BCUT2D eigenvalue weighted by Crippen LogP contribution is 2.45. The molecule has 0 rings (SSSR count). The number of ether oxygens (including phenoxy) is 4. The van der Waals surface area contributed by atoms with E-state index in [4.69, 9.17) is 37.0 Å². The maximum atomic E-state index is 13.0. The zero-order chi connectivity index (χ0) is 64.7. The second-order valence-electron chi connectivity index (χ2n) is 24.9. The first-order valence-corrected chi connectivity index (χ1v) is 39.3. The molecule has 0 bridgehead atoms. The van der Waals surface area contributed by atoms with E-state index in [0.29, 0.717) is 25.7 Å². The lowest BCUT2D eigenvalue weighted by molar-refractivity contribution is -0.161. The maximum Gasteiger partial charge on any atom is 0.472 e. The van der Waals surface area contributed by atoms with Crippen molar-refractivity contribution in [3.63, 3.8) is 0 Å². The molecule has 0 saturated heterocycles. The van der Waals surface area contributed by atoms with Crippen LogP contribution in [0.15, 0.2) is 0 Å². The van der Waals surface area contributed by atoms with E-state index in [1.54, 1.807) is 0 Å². The van der Waals surface area contributed by atoms with Crippen molar-refractivity contribution in [1.82, 2.24) is 0 Å². The Labute approximate surface area is 537 Å². The number of carbonyl (C=O) groups is 4. The Balaban J connectivity index is 5.13. The van der Waals surface area contributed by atoms with E-state index >= 15 is 0 Å². The highest BCUT2D eigenvalue weighted by molar-refractivity contribution is 7.47. The van der Waals surface area contributed by atoms with Gasteiger partial charge in [-0.15, -0.1) is 0 Å². The first-order chi connectivity index (χ1) is 42.7. The van der Waals surface area contributed by atoms with E-state index < -0.39 is 97.5 Å². The Bertz CT molecular complexity index is 1690. The summed E-state index contributed by atoms with van der Waals surface area (Å²) in [5, 5.41) is 10.5. The molecule has 0 aliphatic heterocycles. The number of hydrogen-bond donors (Lipinski definition) is 3. The van der Waals surface area contributed by atoms with E-state index in [1.165, 1.54) is 173 Å². The molecule has 19 heteroatoms. The molecule has 3 N–H and O–H groups in total. The van der Waals surface area contributed by atoms with Crippen LogP contribution in [0.5, 0.6) is 0 Å². The fraction of sp³-hybridized carbons (Fsp3) is 0.942. The van der Waals surface area contributed by atoms with E-state index in [2.05, 4.69) is 27.7 Å². The molecule has 0 heterocycles. The molecule has 522 valence electrons. The maximum absolute atomic E-state index is 13.0. The van der Waals surface area contributed by atoms with Gasteiger partial charge in [-0.25, -0.2) is 9.13 Å². The van der Waals surface area contributed by atoms with Crippen LogP contribution in [0.2, 0.25) is 0 Å². The monoisotopic (exact) mass is 1300 g/mol. The number of aliphatic hydroxyl groups excluding tert-OH is 1. The number of phosphoric ester groups is 2. The van der Waals surface area contributed by atoms with Gasteiger partial charge in [0.1, 0.15) is 19.3 Å². The molecule has 0 aromatic heterocycles. The topological polar surface area (TPSA) is 237 Å². The summed E-state index contributed by atoms with van der Waals surface area (Å²) >= 11 is 0. The lowest BCUT2D eigenvalue weighted by atomic mass is 10.0. The SMILES string of the molecule is CCCCCCCCCCCCCCCCCCCCCCC(=O)O[C@H](COC(=O)CCCCCCCCCCCCCCC)COP(=O)(O)OC[C@@H](O)COP(=O)(O)OC[C@@H](COC(=O)CCCCCCCCC)OC(=O)CCCCCCCCCC. The second-order valence-corrected chi connectivity index (χ2v) is 27.8. The molecule has 5 atom stereocenters. The zero-order valence-corrected chi connectivity index (χ0v) is 58.5. The lowest BCUT2D eigenvalue weighted by Crippen LogP contribution is -2.30. The average molecular weight is 1300 g/mol. The molecule has 17 nitrogen and oxygen atoms in total. The number of unbranched alkanes of at least 4 members (excludes halogenated alkanes) is 44. The fourth-order valence-corrected chi connectivity index (χ4v) is 12.1. The third kappa shape index (κ3) is 62.8. The van der Waals surface area contributed by atoms with Gasteiger partial charge in [-0.3, -0.25) is 37.3 Å². The third-order valence-electron chi connectivity index (χ3n) is 16.1. The van der Waals surface area contributed by atoms with Crippen molar-refractivity contribution in [3.8, 4) is 0 Å². The Hall–Kier alpha value is -1.94. The van der Waals surface area contributed by atoms with Crippen LogP contribution in [-0.4, -0.2) is 96.7 Å². The van der Waals surface area contributed by atoms with Gasteiger partial charge in [0.15, 0.2) is 12.2 Å². The summed E-state index contributed by atoms with van der Waals surface area (Å²) in [6, 6.07) is 0. The zero-order valence-electron chi connectivity index (χ0n) is 56.7. The fourth-order valence-electron chi connectivity index (χ4n) is 10.5.